The van der Waals surface area contributed by atoms with Gasteiger partial charge in [-0.2, -0.15) is 5.26 Å². The molecule has 0 aliphatic carbocycles. The van der Waals surface area contributed by atoms with Crippen molar-refractivity contribution in [2.45, 2.75) is 23.1 Å². The summed E-state index contributed by atoms with van der Waals surface area (Å²) in [5.41, 5.74) is 1.66. The van der Waals surface area contributed by atoms with Crippen LogP contribution in [0.4, 0.5) is 0 Å². The van der Waals surface area contributed by atoms with Crippen LogP contribution < -0.4 is 4.74 Å². The molecule has 1 heterocycles. The van der Waals surface area contributed by atoms with E-state index in [0.29, 0.717) is 12.2 Å². The molecule has 0 bridgehead atoms. The van der Waals surface area contributed by atoms with Gasteiger partial charge in [0, 0.05) is 11.4 Å². The fourth-order valence-electron chi connectivity index (χ4n) is 2.55. The number of rotatable bonds is 8. The van der Waals surface area contributed by atoms with Crippen LogP contribution in [0.15, 0.2) is 51.7 Å². The van der Waals surface area contributed by atoms with Crippen molar-refractivity contribution in [2.75, 3.05) is 26.2 Å². The summed E-state index contributed by atoms with van der Waals surface area (Å²) in [6.07, 6.45) is 0. The highest BCUT2D eigenvalue weighted by Crippen LogP contribution is 2.35. The van der Waals surface area contributed by atoms with Crippen molar-refractivity contribution in [1.29, 1.82) is 5.26 Å². The van der Waals surface area contributed by atoms with Crippen LogP contribution in [0.1, 0.15) is 19.4 Å². The molecule has 0 aliphatic heterocycles. The Kier molecular flexibility index (Phi) is 6.51. The van der Waals surface area contributed by atoms with Crippen LogP contribution in [-0.4, -0.2) is 36.1 Å². The van der Waals surface area contributed by atoms with E-state index in [-0.39, 0.29) is 0 Å². The minimum absolute atomic E-state index is 0.671. The molecule has 0 spiro atoms. The van der Waals surface area contributed by atoms with Crippen molar-refractivity contribution >= 4 is 33.3 Å². The molecule has 2 aromatic carbocycles. The quantitative estimate of drug-likeness (QED) is 0.545. The van der Waals surface area contributed by atoms with Gasteiger partial charge in [-0.15, -0.1) is 11.3 Å². The normalized spacial score (nSPS) is 11.0. The minimum Gasteiger partial charge on any atom is -0.492 e. The minimum atomic E-state index is 0.671. The standard InChI is InChI=1S/C20H21N3OS2/c1-3-23(4-2)11-12-24-16-7-10-18-19(13-16)26-20(22-18)25-17-8-5-15(14-21)6-9-17/h5-10,13H,3-4,11-12H2,1-2H3. The maximum Gasteiger partial charge on any atom is 0.155 e. The van der Waals surface area contributed by atoms with Gasteiger partial charge in [-0.25, -0.2) is 4.98 Å². The number of hydrogen-bond acceptors (Lipinski definition) is 6. The lowest BCUT2D eigenvalue weighted by Crippen LogP contribution is -2.27. The second-order valence-corrected chi connectivity index (χ2v) is 8.07. The van der Waals surface area contributed by atoms with Crippen LogP contribution in [0.25, 0.3) is 10.2 Å². The van der Waals surface area contributed by atoms with E-state index < -0.39 is 0 Å². The molecule has 0 amide bonds. The van der Waals surface area contributed by atoms with E-state index in [1.807, 2.05) is 36.4 Å². The summed E-state index contributed by atoms with van der Waals surface area (Å²) in [6, 6.07) is 15.8. The van der Waals surface area contributed by atoms with Gasteiger partial charge < -0.3 is 9.64 Å². The third-order valence-electron chi connectivity index (χ3n) is 4.10. The summed E-state index contributed by atoms with van der Waals surface area (Å²) < 4.78 is 8.02. The Morgan fingerprint density at radius 1 is 1.15 bits per heavy atom. The van der Waals surface area contributed by atoms with Crippen molar-refractivity contribution in [3.8, 4) is 11.8 Å². The van der Waals surface area contributed by atoms with Crippen LogP contribution in [0.3, 0.4) is 0 Å². The Balaban J connectivity index is 1.66. The van der Waals surface area contributed by atoms with E-state index in [9.17, 15) is 0 Å². The summed E-state index contributed by atoms with van der Waals surface area (Å²) in [5.74, 6) is 0.892. The molecule has 3 rings (SSSR count). The van der Waals surface area contributed by atoms with E-state index in [1.165, 1.54) is 0 Å². The van der Waals surface area contributed by atoms with Crippen LogP contribution in [0.2, 0.25) is 0 Å². The number of fused-ring (bicyclic) bond motifs is 1. The predicted molar refractivity (Wildman–Crippen MR) is 108 cm³/mol. The van der Waals surface area contributed by atoms with Crippen molar-refractivity contribution in [2.24, 2.45) is 0 Å². The maximum absolute atomic E-state index is 8.88. The molecular formula is C20H21N3OS2. The fourth-order valence-corrected chi connectivity index (χ4v) is 4.62. The van der Waals surface area contributed by atoms with Crippen molar-refractivity contribution < 1.29 is 4.74 Å². The Labute approximate surface area is 162 Å². The maximum atomic E-state index is 8.88. The number of aromatic nitrogens is 1. The number of ether oxygens (including phenoxy) is 1. The number of hydrogen-bond donors (Lipinski definition) is 0. The van der Waals surface area contributed by atoms with Crippen molar-refractivity contribution in [1.82, 2.24) is 9.88 Å². The Hall–Kier alpha value is -2.07. The van der Waals surface area contributed by atoms with Gasteiger partial charge in [0.2, 0.25) is 0 Å². The number of nitriles is 1. The molecule has 0 atom stereocenters. The van der Waals surface area contributed by atoms with Gasteiger partial charge in [-0.1, -0.05) is 25.6 Å². The van der Waals surface area contributed by atoms with E-state index in [1.54, 1.807) is 23.1 Å². The second kappa shape index (κ2) is 9.04. The zero-order valence-electron chi connectivity index (χ0n) is 14.9. The number of likely N-dealkylation sites (N-methyl/N-ethyl adjacent to an activating group) is 1. The molecule has 3 aromatic rings. The van der Waals surface area contributed by atoms with E-state index in [2.05, 4.69) is 35.9 Å². The summed E-state index contributed by atoms with van der Waals surface area (Å²) >= 11 is 3.28. The number of thiazole rings is 1. The first-order chi connectivity index (χ1) is 12.7. The third kappa shape index (κ3) is 4.76. The van der Waals surface area contributed by atoms with Gasteiger partial charge >= 0.3 is 0 Å². The largest absolute Gasteiger partial charge is 0.492 e. The molecule has 0 N–H and O–H groups in total. The molecule has 4 nitrogen and oxygen atoms in total. The number of nitrogens with zero attached hydrogens (tertiary/aromatic N) is 3. The summed E-state index contributed by atoms with van der Waals surface area (Å²) in [4.78, 5) is 8.11. The predicted octanol–water partition coefficient (Wildman–Crippen LogP) is 5.04. The van der Waals surface area contributed by atoms with Crippen molar-refractivity contribution in [3.63, 3.8) is 0 Å². The molecule has 0 radical (unpaired) electrons. The topological polar surface area (TPSA) is 49.1 Å². The first kappa shape index (κ1) is 18.7. The number of benzene rings is 2. The highest BCUT2D eigenvalue weighted by molar-refractivity contribution is 8.01. The molecule has 0 fully saturated rings. The zero-order chi connectivity index (χ0) is 18.4. The Morgan fingerprint density at radius 3 is 2.62 bits per heavy atom. The van der Waals surface area contributed by atoms with E-state index in [0.717, 1.165) is 44.8 Å². The van der Waals surface area contributed by atoms with Crippen LogP contribution in [0, 0.1) is 11.3 Å². The van der Waals surface area contributed by atoms with Crippen LogP contribution in [-0.2, 0) is 0 Å². The first-order valence-electron chi connectivity index (χ1n) is 8.65. The van der Waals surface area contributed by atoms with Gasteiger partial charge in [0.15, 0.2) is 4.34 Å². The smallest absolute Gasteiger partial charge is 0.155 e. The summed E-state index contributed by atoms with van der Waals surface area (Å²) in [7, 11) is 0. The van der Waals surface area contributed by atoms with Crippen LogP contribution in [0.5, 0.6) is 5.75 Å². The first-order valence-corrected chi connectivity index (χ1v) is 10.3. The molecule has 0 aliphatic rings. The van der Waals surface area contributed by atoms with Gasteiger partial charge in [-0.05, 0) is 55.6 Å². The molecule has 26 heavy (non-hydrogen) atoms. The zero-order valence-corrected chi connectivity index (χ0v) is 16.6. The molecule has 1 aromatic heterocycles. The molecule has 134 valence electrons. The third-order valence-corrected chi connectivity index (χ3v) is 6.19. The average Bonchev–Trinajstić information content (AvgIpc) is 3.07. The molecular weight excluding hydrogens is 362 g/mol. The molecule has 0 saturated heterocycles. The Morgan fingerprint density at radius 2 is 1.92 bits per heavy atom. The van der Waals surface area contributed by atoms with Gasteiger partial charge in [-0.3, -0.25) is 0 Å². The fraction of sp³-hybridized carbons (Fsp3) is 0.300. The lowest BCUT2D eigenvalue weighted by Gasteiger charge is -2.17. The van der Waals surface area contributed by atoms with E-state index >= 15 is 0 Å². The van der Waals surface area contributed by atoms with Gasteiger partial charge in [0.25, 0.3) is 0 Å². The Bertz CT molecular complexity index is 896. The molecule has 0 unspecified atom stereocenters. The van der Waals surface area contributed by atoms with E-state index in [4.69, 9.17) is 10.00 Å². The highest BCUT2D eigenvalue weighted by Gasteiger charge is 2.08. The lowest BCUT2D eigenvalue weighted by molar-refractivity contribution is 0.223. The molecule has 0 saturated carbocycles. The van der Waals surface area contributed by atoms with Gasteiger partial charge in [0.1, 0.15) is 12.4 Å². The molecule has 6 heteroatoms. The van der Waals surface area contributed by atoms with Gasteiger partial charge in [0.05, 0.1) is 21.8 Å². The van der Waals surface area contributed by atoms with Crippen molar-refractivity contribution in [3.05, 3.63) is 48.0 Å². The SMILES string of the molecule is CCN(CC)CCOc1ccc2nc(Sc3ccc(C#N)cc3)sc2c1. The average molecular weight is 384 g/mol. The summed E-state index contributed by atoms with van der Waals surface area (Å²) in [6.45, 7) is 8.06. The van der Waals surface area contributed by atoms with Crippen LogP contribution >= 0.6 is 23.1 Å². The lowest BCUT2D eigenvalue weighted by atomic mass is 10.2. The second-order valence-electron chi connectivity index (χ2n) is 5.72. The summed E-state index contributed by atoms with van der Waals surface area (Å²) in [5, 5.41) is 8.88. The monoisotopic (exact) mass is 383 g/mol. The highest BCUT2D eigenvalue weighted by atomic mass is 32.2.